The maximum atomic E-state index is 14.5. The van der Waals surface area contributed by atoms with Gasteiger partial charge in [-0.05, 0) is 37.8 Å². The fourth-order valence-electron chi connectivity index (χ4n) is 3.23. The lowest BCUT2D eigenvalue weighted by Crippen LogP contribution is -2.32. The molecule has 6 nitrogen and oxygen atoms in total. The van der Waals surface area contributed by atoms with Gasteiger partial charge >= 0.3 is 5.97 Å². The molecule has 0 unspecified atom stereocenters. The number of carbonyl (C=O) groups excluding carboxylic acids is 4. The van der Waals surface area contributed by atoms with Gasteiger partial charge in [-0.2, -0.15) is 0 Å². The Hall–Kier alpha value is -2.19. The molecule has 0 N–H and O–H groups in total. The van der Waals surface area contributed by atoms with Crippen molar-refractivity contribution in [2.24, 2.45) is 0 Å². The van der Waals surface area contributed by atoms with Gasteiger partial charge in [-0.15, -0.1) is 0 Å². The highest BCUT2D eigenvalue weighted by atomic mass is 35.5. The van der Waals surface area contributed by atoms with E-state index in [2.05, 4.69) is 4.74 Å². The van der Waals surface area contributed by atoms with E-state index in [0.29, 0.717) is 24.0 Å². The minimum atomic E-state index is -0.859. The fraction of sp³-hybridized carbons (Fsp3) is 0.368. The number of benzene rings is 1. The first-order chi connectivity index (χ1) is 13.3. The van der Waals surface area contributed by atoms with Gasteiger partial charge < -0.3 is 4.74 Å². The number of hydrogen-bond acceptors (Lipinski definition) is 6. The van der Waals surface area contributed by atoms with Crippen LogP contribution < -0.4 is 4.90 Å². The van der Waals surface area contributed by atoms with Gasteiger partial charge in [0.1, 0.15) is 5.82 Å². The first kappa shape index (κ1) is 20.5. The zero-order chi connectivity index (χ0) is 20.4. The van der Waals surface area contributed by atoms with E-state index >= 15 is 0 Å². The maximum absolute atomic E-state index is 14.5. The predicted octanol–water partition coefficient (Wildman–Crippen LogP) is 3.66. The number of rotatable bonds is 5. The largest absolute Gasteiger partial charge is 0.469 e. The predicted molar refractivity (Wildman–Crippen MR) is 103 cm³/mol. The van der Waals surface area contributed by atoms with Crippen molar-refractivity contribution in [2.75, 3.05) is 17.8 Å². The Labute approximate surface area is 170 Å². The fourth-order valence-corrected chi connectivity index (χ4v) is 4.30. The second kappa shape index (κ2) is 8.45. The van der Waals surface area contributed by atoms with Crippen LogP contribution in [0, 0.1) is 5.82 Å². The topological polar surface area (TPSA) is 80.8 Å². The first-order valence-corrected chi connectivity index (χ1v) is 10.0. The third-order valence-electron chi connectivity index (χ3n) is 4.65. The number of amides is 2. The standard InChI is InChI=1S/C19H17ClFNO5S/c1-27-16(23)6-7-28-19(26)12-8-15(14(21)9-13(12)20)22-17(24)10-4-2-3-5-11(10)18(22)25/h8-9H,2-7H2,1H3. The van der Waals surface area contributed by atoms with Crippen LogP contribution in [0.15, 0.2) is 23.3 Å². The molecule has 0 spiro atoms. The van der Waals surface area contributed by atoms with Crippen molar-refractivity contribution >= 4 is 51.9 Å². The molecule has 0 atom stereocenters. The molecule has 1 aromatic carbocycles. The molecule has 0 saturated heterocycles. The summed E-state index contributed by atoms with van der Waals surface area (Å²) in [4.78, 5) is 49.7. The lowest BCUT2D eigenvalue weighted by atomic mass is 9.93. The third kappa shape index (κ3) is 3.84. The molecular weight excluding hydrogens is 409 g/mol. The minimum Gasteiger partial charge on any atom is -0.469 e. The number of imide groups is 1. The minimum absolute atomic E-state index is 0.0261. The van der Waals surface area contributed by atoms with E-state index < -0.39 is 28.7 Å². The van der Waals surface area contributed by atoms with Crippen molar-refractivity contribution in [3.05, 3.63) is 39.7 Å². The van der Waals surface area contributed by atoms with E-state index in [0.717, 1.165) is 41.6 Å². The van der Waals surface area contributed by atoms with Crippen molar-refractivity contribution in [3.63, 3.8) is 0 Å². The molecule has 3 rings (SSSR count). The normalized spacial score (nSPS) is 16.5. The van der Waals surface area contributed by atoms with Crippen molar-refractivity contribution in [1.82, 2.24) is 0 Å². The highest BCUT2D eigenvalue weighted by molar-refractivity contribution is 8.14. The average Bonchev–Trinajstić information content (AvgIpc) is 2.93. The van der Waals surface area contributed by atoms with Crippen molar-refractivity contribution in [1.29, 1.82) is 0 Å². The van der Waals surface area contributed by atoms with E-state index in [-0.39, 0.29) is 28.4 Å². The smallest absolute Gasteiger partial charge is 0.306 e. The Morgan fingerprint density at radius 1 is 1.18 bits per heavy atom. The average molecular weight is 426 g/mol. The van der Waals surface area contributed by atoms with Gasteiger partial charge in [-0.3, -0.25) is 19.2 Å². The van der Waals surface area contributed by atoms with Crippen LogP contribution in [-0.2, 0) is 19.1 Å². The van der Waals surface area contributed by atoms with Gasteiger partial charge in [0.25, 0.3) is 11.8 Å². The number of nitrogens with zero attached hydrogens (tertiary/aromatic N) is 1. The van der Waals surface area contributed by atoms with Gasteiger partial charge in [0.15, 0.2) is 0 Å². The molecule has 1 aliphatic heterocycles. The second-order valence-corrected chi connectivity index (χ2v) is 7.83. The van der Waals surface area contributed by atoms with Crippen LogP contribution >= 0.6 is 23.4 Å². The van der Waals surface area contributed by atoms with Crippen molar-refractivity contribution in [3.8, 4) is 0 Å². The first-order valence-electron chi connectivity index (χ1n) is 8.69. The maximum Gasteiger partial charge on any atom is 0.306 e. The van der Waals surface area contributed by atoms with E-state index in [9.17, 15) is 23.6 Å². The SMILES string of the molecule is COC(=O)CCSC(=O)c1cc(N2C(=O)C3=C(CCCC3)C2=O)c(F)cc1Cl. The number of anilines is 1. The Bertz CT molecular complexity index is 886. The number of methoxy groups -OCH3 is 1. The summed E-state index contributed by atoms with van der Waals surface area (Å²) in [7, 11) is 1.25. The molecule has 1 aliphatic carbocycles. The van der Waals surface area contributed by atoms with Crippen LogP contribution in [0.3, 0.4) is 0 Å². The van der Waals surface area contributed by atoms with Crippen LogP contribution in [0.2, 0.25) is 5.02 Å². The van der Waals surface area contributed by atoms with Crippen molar-refractivity contribution in [2.45, 2.75) is 32.1 Å². The van der Waals surface area contributed by atoms with Crippen LogP contribution in [0.4, 0.5) is 10.1 Å². The Morgan fingerprint density at radius 3 is 2.36 bits per heavy atom. The lowest BCUT2D eigenvalue weighted by molar-refractivity contribution is -0.140. The summed E-state index contributed by atoms with van der Waals surface area (Å²) >= 11 is 6.82. The lowest BCUT2D eigenvalue weighted by Gasteiger charge is -2.17. The third-order valence-corrected chi connectivity index (χ3v) is 5.86. The molecule has 0 radical (unpaired) electrons. The summed E-state index contributed by atoms with van der Waals surface area (Å²) in [5.74, 6) is -2.25. The highest BCUT2D eigenvalue weighted by Gasteiger charge is 2.41. The molecule has 1 aromatic rings. The van der Waals surface area contributed by atoms with E-state index in [1.807, 2.05) is 0 Å². The highest BCUT2D eigenvalue weighted by Crippen LogP contribution is 2.38. The quantitative estimate of drug-likeness (QED) is 0.529. The van der Waals surface area contributed by atoms with Crippen LogP contribution in [-0.4, -0.2) is 35.8 Å². The number of esters is 1. The summed E-state index contributed by atoms with van der Waals surface area (Å²) in [6, 6.07) is 2.04. The molecule has 0 saturated carbocycles. The van der Waals surface area contributed by atoms with Crippen LogP contribution in [0.1, 0.15) is 42.5 Å². The van der Waals surface area contributed by atoms with Gasteiger partial charge in [0, 0.05) is 22.5 Å². The zero-order valence-electron chi connectivity index (χ0n) is 15.0. The molecule has 0 bridgehead atoms. The molecule has 9 heteroatoms. The summed E-state index contributed by atoms with van der Waals surface area (Å²) in [5.41, 5.74) is 0.529. The number of ether oxygens (including phenoxy) is 1. The van der Waals surface area contributed by atoms with E-state index in [4.69, 9.17) is 11.6 Å². The number of carbonyl (C=O) groups is 4. The summed E-state index contributed by atoms with van der Waals surface area (Å²) < 4.78 is 19.1. The zero-order valence-corrected chi connectivity index (χ0v) is 16.6. The second-order valence-electron chi connectivity index (χ2n) is 6.36. The molecule has 148 valence electrons. The Kier molecular flexibility index (Phi) is 6.20. The molecule has 28 heavy (non-hydrogen) atoms. The van der Waals surface area contributed by atoms with E-state index in [1.165, 1.54) is 7.11 Å². The van der Waals surface area contributed by atoms with Gasteiger partial charge in [0.2, 0.25) is 5.12 Å². The number of halogens is 2. The van der Waals surface area contributed by atoms with Gasteiger partial charge in [-0.1, -0.05) is 23.4 Å². The number of thioether (sulfide) groups is 1. The molecule has 2 aliphatic rings. The molecule has 1 heterocycles. The van der Waals surface area contributed by atoms with Crippen LogP contribution in [0.25, 0.3) is 0 Å². The molecule has 0 aromatic heterocycles. The van der Waals surface area contributed by atoms with Crippen molar-refractivity contribution < 1.29 is 28.3 Å². The van der Waals surface area contributed by atoms with Gasteiger partial charge in [-0.25, -0.2) is 9.29 Å². The summed E-state index contributed by atoms with van der Waals surface area (Å²) in [5, 5.41) is -0.624. The summed E-state index contributed by atoms with van der Waals surface area (Å²) in [6.45, 7) is 0. The van der Waals surface area contributed by atoms with E-state index in [1.54, 1.807) is 0 Å². The molecule has 2 amide bonds. The monoisotopic (exact) mass is 425 g/mol. The molecule has 0 fully saturated rings. The van der Waals surface area contributed by atoms with Gasteiger partial charge in [0.05, 0.1) is 24.2 Å². The van der Waals surface area contributed by atoms with Crippen LogP contribution in [0.5, 0.6) is 0 Å². The summed E-state index contributed by atoms with van der Waals surface area (Å²) in [6.07, 6.45) is 2.60. The molecular formula is C19H17ClFNO5S. The number of hydrogen-bond donors (Lipinski definition) is 0. The Balaban J connectivity index is 1.86. The Morgan fingerprint density at radius 2 is 1.79 bits per heavy atom.